The molecule has 0 saturated heterocycles. The first-order valence-corrected chi connectivity index (χ1v) is 3.33. The largest absolute Gasteiger partial charge is 0.210 e. The van der Waals surface area contributed by atoms with Crippen molar-refractivity contribution in [1.29, 1.82) is 5.53 Å². The minimum absolute atomic E-state index is 0.697. The topological polar surface area (TPSA) is 36.2 Å². The molecule has 1 N–H and O–H groups in total. The summed E-state index contributed by atoms with van der Waals surface area (Å²) in [6.07, 6.45) is 1.05. The van der Waals surface area contributed by atoms with Crippen LogP contribution in [0.2, 0.25) is 0 Å². The van der Waals surface area contributed by atoms with Crippen LogP contribution in [0.5, 0.6) is 0 Å². The number of halogens is 1. The lowest BCUT2D eigenvalue weighted by Gasteiger charge is -1.79. The number of alkyl halides is 1. The van der Waals surface area contributed by atoms with Gasteiger partial charge in [0.15, 0.2) is 0 Å². The van der Waals surface area contributed by atoms with Gasteiger partial charge in [0.05, 0.1) is 6.54 Å². The van der Waals surface area contributed by atoms with Gasteiger partial charge < -0.3 is 0 Å². The molecule has 0 aliphatic heterocycles. The molecule has 0 fully saturated rings. The molecule has 0 aromatic rings. The van der Waals surface area contributed by atoms with Gasteiger partial charge >= 0.3 is 0 Å². The van der Waals surface area contributed by atoms with Gasteiger partial charge in [0.1, 0.15) is 0 Å². The second-order valence-electron chi connectivity index (χ2n) is 0.924. The number of hydrogen-bond acceptors (Lipinski definition) is 2. The first-order chi connectivity index (χ1) is 2.91. The molecule has 36 valence electrons. The van der Waals surface area contributed by atoms with Crippen LogP contribution in [-0.2, 0) is 0 Å². The van der Waals surface area contributed by atoms with E-state index in [1.54, 1.807) is 0 Å². The normalized spacial score (nSPS) is 8.17. The minimum atomic E-state index is 0.697. The lowest BCUT2D eigenvalue weighted by Crippen LogP contribution is -1.76. The molecule has 0 unspecified atom stereocenters. The number of nitrogens with zero attached hydrogens (tertiary/aromatic N) is 1. The van der Waals surface area contributed by atoms with Crippen LogP contribution >= 0.6 is 22.6 Å². The summed E-state index contributed by atoms with van der Waals surface area (Å²) in [5.41, 5.74) is 6.33. The maximum absolute atomic E-state index is 6.33. The summed E-state index contributed by atoms with van der Waals surface area (Å²) < 4.78 is 1.11. The maximum atomic E-state index is 6.33. The molecule has 0 atom stereocenters. The summed E-state index contributed by atoms with van der Waals surface area (Å²) in [5, 5.41) is 3.17. The molecule has 3 heteroatoms. The lowest BCUT2D eigenvalue weighted by atomic mass is 10.5. The Balaban J connectivity index is 2.49. The third-order valence-corrected chi connectivity index (χ3v) is 1.17. The molecule has 0 spiro atoms. The van der Waals surface area contributed by atoms with Gasteiger partial charge in [-0.25, -0.2) is 5.53 Å². The Morgan fingerprint density at radius 1 is 1.67 bits per heavy atom. The van der Waals surface area contributed by atoms with Gasteiger partial charge in [-0.3, -0.25) is 0 Å². The SMILES string of the molecule is N=NCCCI. The molecule has 0 bridgehead atoms. The van der Waals surface area contributed by atoms with Crippen LogP contribution in [0.15, 0.2) is 5.11 Å². The van der Waals surface area contributed by atoms with E-state index in [9.17, 15) is 0 Å². The molecule has 0 aromatic carbocycles. The minimum Gasteiger partial charge on any atom is -0.210 e. The van der Waals surface area contributed by atoms with E-state index in [1.165, 1.54) is 0 Å². The van der Waals surface area contributed by atoms with Gasteiger partial charge in [0.25, 0.3) is 0 Å². The molecule has 0 aromatic heterocycles. The monoisotopic (exact) mass is 198 g/mol. The van der Waals surface area contributed by atoms with Crippen LogP contribution in [0.4, 0.5) is 0 Å². The van der Waals surface area contributed by atoms with Crippen LogP contribution in [0.3, 0.4) is 0 Å². The van der Waals surface area contributed by atoms with E-state index >= 15 is 0 Å². The zero-order valence-corrected chi connectivity index (χ0v) is 5.60. The predicted octanol–water partition coefficient (Wildman–Crippen LogP) is 1.84. The van der Waals surface area contributed by atoms with Crippen LogP contribution in [0.1, 0.15) is 6.42 Å². The van der Waals surface area contributed by atoms with Gasteiger partial charge in [-0.2, -0.15) is 5.11 Å². The molecule has 0 amide bonds. The predicted molar refractivity (Wildman–Crippen MR) is 33.5 cm³/mol. The van der Waals surface area contributed by atoms with Gasteiger partial charge in [0.2, 0.25) is 0 Å². The van der Waals surface area contributed by atoms with Crippen molar-refractivity contribution < 1.29 is 0 Å². The highest BCUT2D eigenvalue weighted by molar-refractivity contribution is 14.1. The van der Waals surface area contributed by atoms with E-state index in [1.807, 2.05) is 0 Å². The highest BCUT2D eigenvalue weighted by Gasteiger charge is 1.74. The van der Waals surface area contributed by atoms with Crippen molar-refractivity contribution in [2.45, 2.75) is 6.42 Å². The summed E-state index contributed by atoms with van der Waals surface area (Å²) in [6, 6.07) is 0. The van der Waals surface area contributed by atoms with Gasteiger partial charge in [-0.15, -0.1) is 0 Å². The fourth-order valence-electron chi connectivity index (χ4n) is 0.139. The fourth-order valence-corrected chi connectivity index (χ4v) is 0.480. The van der Waals surface area contributed by atoms with Crippen LogP contribution < -0.4 is 0 Å². The van der Waals surface area contributed by atoms with E-state index in [-0.39, 0.29) is 0 Å². The van der Waals surface area contributed by atoms with E-state index in [0.717, 1.165) is 10.8 Å². The first-order valence-electron chi connectivity index (χ1n) is 1.81. The van der Waals surface area contributed by atoms with Gasteiger partial charge in [-0.05, 0) is 6.42 Å². The average molecular weight is 198 g/mol. The third-order valence-electron chi connectivity index (χ3n) is 0.404. The summed E-state index contributed by atoms with van der Waals surface area (Å²) in [4.78, 5) is 0. The van der Waals surface area contributed by atoms with Crippen LogP contribution in [0, 0.1) is 5.53 Å². The van der Waals surface area contributed by atoms with Crippen molar-refractivity contribution in [3.05, 3.63) is 0 Å². The Labute approximate surface area is 51.0 Å². The summed E-state index contributed by atoms with van der Waals surface area (Å²) >= 11 is 2.27. The Hall–Kier alpha value is 0.330. The molecule has 2 nitrogen and oxygen atoms in total. The van der Waals surface area contributed by atoms with Gasteiger partial charge in [0, 0.05) is 4.43 Å². The van der Waals surface area contributed by atoms with E-state index in [2.05, 4.69) is 27.7 Å². The molecule has 0 aliphatic rings. The Bertz CT molecular complexity index is 37.8. The average Bonchev–Trinajstić information content (AvgIpc) is 1.61. The van der Waals surface area contributed by atoms with Crippen molar-refractivity contribution in [1.82, 2.24) is 0 Å². The van der Waals surface area contributed by atoms with E-state index < -0.39 is 0 Å². The summed E-state index contributed by atoms with van der Waals surface area (Å²) in [7, 11) is 0. The smallest absolute Gasteiger partial charge is 0.0603 e. The van der Waals surface area contributed by atoms with Crippen molar-refractivity contribution in [2.24, 2.45) is 5.11 Å². The Kier molecular flexibility index (Phi) is 5.62. The fraction of sp³-hybridized carbons (Fsp3) is 1.00. The third kappa shape index (κ3) is 4.33. The molecule has 6 heavy (non-hydrogen) atoms. The molecule has 0 heterocycles. The Morgan fingerprint density at radius 2 is 2.33 bits per heavy atom. The molecular weight excluding hydrogens is 191 g/mol. The highest BCUT2D eigenvalue weighted by atomic mass is 127. The molecule has 0 rings (SSSR count). The summed E-state index contributed by atoms with van der Waals surface area (Å²) in [5.74, 6) is 0. The number of rotatable bonds is 3. The lowest BCUT2D eigenvalue weighted by molar-refractivity contribution is 0.858. The van der Waals surface area contributed by atoms with Crippen molar-refractivity contribution in [3.8, 4) is 0 Å². The summed E-state index contributed by atoms with van der Waals surface area (Å²) in [6.45, 7) is 0.697. The quantitative estimate of drug-likeness (QED) is 0.311. The molecule has 0 saturated carbocycles. The van der Waals surface area contributed by atoms with E-state index in [4.69, 9.17) is 5.53 Å². The second kappa shape index (κ2) is 5.33. The standard InChI is InChI=1S/C3H7IN2/c4-2-1-3-6-5/h5H,1-3H2. The van der Waals surface area contributed by atoms with Crippen molar-refractivity contribution in [3.63, 3.8) is 0 Å². The zero-order chi connectivity index (χ0) is 4.83. The number of nitrogens with one attached hydrogen (secondary N) is 1. The first kappa shape index (κ1) is 6.33. The highest BCUT2D eigenvalue weighted by Crippen LogP contribution is 1.86. The van der Waals surface area contributed by atoms with Crippen molar-refractivity contribution in [2.75, 3.05) is 11.0 Å². The van der Waals surface area contributed by atoms with Crippen molar-refractivity contribution >= 4 is 22.6 Å². The van der Waals surface area contributed by atoms with Gasteiger partial charge in [-0.1, -0.05) is 22.6 Å². The molecule has 0 radical (unpaired) electrons. The molecular formula is C3H7IN2. The molecule has 0 aliphatic carbocycles. The zero-order valence-electron chi connectivity index (χ0n) is 3.45. The van der Waals surface area contributed by atoms with Crippen LogP contribution in [0.25, 0.3) is 0 Å². The number of hydrogen-bond donors (Lipinski definition) is 1. The maximum Gasteiger partial charge on any atom is 0.0603 e. The Morgan fingerprint density at radius 3 is 2.50 bits per heavy atom. The van der Waals surface area contributed by atoms with E-state index in [0.29, 0.717) is 6.54 Å². The van der Waals surface area contributed by atoms with Crippen LogP contribution in [-0.4, -0.2) is 11.0 Å². The second-order valence-corrected chi connectivity index (χ2v) is 2.00.